The second-order valence-corrected chi connectivity index (χ2v) is 14.7. The predicted octanol–water partition coefficient (Wildman–Crippen LogP) is 14.6. The molecule has 1 heterocycles. The number of hydrogen-bond acceptors (Lipinski definition) is 2. The summed E-state index contributed by atoms with van der Waals surface area (Å²) in [6.45, 7) is 0. The molecule has 12 rings (SSSR count). The minimum atomic E-state index is 0.969. The molecule has 0 aliphatic heterocycles. The first-order chi connectivity index (χ1) is 27.3. The minimum Gasteiger partial charge on any atom is -0.310 e. The molecule has 0 saturated heterocycles. The van der Waals surface area contributed by atoms with Crippen LogP contribution in [0.2, 0.25) is 0 Å². The van der Waals surface area contributed by atoms with Gasteiger partial charge >= 0.3 is 0 Å². The van der Waals surface area contributed by atoms with Crippen LogP contribution in [0, 0.1) is 0 Å². The first-order valence-corrected chi connectivity index (χ1v) is 19.0. The molecular formula is C53H32N2. The van der Waals surface area contributed by atoms with E-state index in [-0.39, 0.29) is 0 Å². The van der Waals surface area contributed by atoms with Gasteiger partial charge in [0.1, 0.15) is 0 Å². The highest BCUT2D eigenvalue weighted by Crippen LogP contribution is 2.51. The number of fused-ring (bicyclic) bond motifs is 7. The predicted molar refractivity (Wildman–Crippen MR) is 231 cm³/mol. The van der Waals surface area contributed by atoms with Gasteiger partial charge in [-0.25, -0.2) is 0 Å². The number of nitrogens with zero attached hydrogens (tertiary/aromatic N) is 2. The summed E-state index contributed by atoms with van der Waals surface area (Å²) in [5, 5.41) is 6.34. The summed E-state index contributed by atoms with van der Waals surface area (Å²) in [4.78, 5) is 7.17. The van der Waals surface area contributed by atoms with E-state index < -0.39 is 0 Å². The number of benzene rings is 9. The van der Waals surface area contributed by atoms with E-state index in [9.17, 15) is 0 Å². The normalized spacial score (nSPS) is 12.0. The third kappa shape index (κ3) is 4.40. The molecule has 0 spiro atoms. The van der Waals surface area contributed by atoms with E-state index in [0.29, 0.717) is 0 Å². The van der Waals surface area contributed by atoms with Crippen LogP contribution >= 0.6 is 0 Å². The number of aromatic nitrogens is 1. The van der Waals surface area contributed by atoms with Gasteiger partial charge in [0.25, 0.3) is 0 Å². The second-order valence-electron chi connectivity index (χ2n) is 14.7. The van der Waals surface area contributed by atoms with E-state index in [2.05, 4.69) is 193 Å². The van der Waals surface area contributed by atoms with Crippen LogP contribution in [0.15, 0.2) is 194 Å². The summed E-state index contributed by atoms with van der Waals surface area (Å²) in [6, 6.07) is 69.0. The zero-order valence-corrected chi connectivity index (χ0v) is 29.9. The highest BCUT2D eigenvalue weighted by Gasteiger charge is 2.25. The molecule has 9 aromatic carbocycles. The molecule has 0 unspecified atom stereocenters. The molecule has 0 atom stereocenters. The summed E-state index contributed by atoms with van der Waals surface area (Å²) in [6.07, 6.45) is 1.93. The maximum Gasteiger partial charge on any atom is 0.0723 e. The first-order valence-electron chi connectivity index (χ1n) is 19.0. The lowest BCUT2D eigenvalue weighted by molar-refractivity contribution is 1.28. The third-order valence-corrected chi connectivity index (χ3v) is 11.8. The maximum atomic E-state index is 4.76. The molecule has 0 amide bonds. The van der Waals surface area contributed by atoms with Crippen molar-refractivity contribution in [1.82, 2.24) is 4.98 Å². The lowest BCUT2D eigenvalue weighted by Crippen LogP contribution is -2.11. The fraction of sp³-hybridized carbons (Fsp3) is 0. The molecule has 10 aromatic rings. The lowest BCUT2D eigenvalue weighted by atomic mass is 9.93. The van der Waals surface area contributed by atoms with Crippen LogP contribution in [-0.2, 0) is 0 Å². The third-order valence-electron chi connectivity index (χ3n) is 11.8. The van der Waals surface area contributed by atoms with E-state index in [1.807, 2.05) is 6.20 Å². The monoisotopic (exact) mass is 696 g/mol. The SMILES string of the molecule is c1cc(-c2ccc3c4c(cccc24)-c2ccccc2-3)cc(N(c2cccc(-c3ccc4c5c(cccc35)-c3ccccc3-4)c2)c2ccnc3ccccc23)c1. The Bertz CT molecular complexity index is 2990. The zero-order chi connectivity index (χ0) is 36.0. The Labute approximate surface area is 319 Å². The maximum absolute atomic E-state index is 4.76. The molecule has 254 valence electrons. The van der Waals surface area contributed by atoms with Crippen molar-refractivity contribution in [2.24, 2.45) is 0 Å². The van der Waals surface area contributed by atoms with E-state index in [1.165, 1.54) is 88.3 Å². The molecule has 0 saturated carbocycles. The lowest BCUT2D eigenvalue weighted by Gasteiger charge is -2.28. The quantitative estimate of drug-likeness (QED) is 0.178. The van der Waals surface area contributed by atoms with Crippen molar-refractivity contribution in [3.8, 4) is 66.8 Å². The van der Waals surface area contributed by atoms with Gasteiger partial charge in [-0.05, 0) is 125 Å². The largest absolute Gasteiger partial charge is 0.310 e. The molecule has 1 aromatic heterocycles. The molecule has 2 aliphatic rings. The number of rotatable bonds is 5. The molecule has 0 bridgehead atoms. The van der Waals surface area contributed by atoms with Crippen molar-refractivity contribution in [2.75, 3.05) is 4.90 Å². The Hall–Kier alpha value is -7.29. The fourth-order valence-corrected chi connectivity index (χ4v) is 9.45. The van der Waals surface area contributed by atoms with Crippen LogP contribution in [-0.4, -0.2) is 4.98 Å². The van der Waals surface area contributed by atoms with Crippen molar-refractivity contribution in [3.63, 3.8) is 0 Å². The first kappa shape index (κ1) is 30.2. The van der Waals surface area contributed by atoms with E-state index in [0.717, 1.165) is 28.0 Å². The van der Waals surface area contributed by atoms with Crippen LogP contribution in [0.4, 0.5) is 17.1 Å². The van der Waals surface area contributed by atoms with E-state index in [1.54, 1.807) is 0 Å². The molecule has 55 heavy (non-hydrogen) atoms. The number of pyridine rings is 1. The summed E-state index contributed by atoms with van der Waals surface area (Å²) >= 11 is 0. The topological polar surface area (TPSA) is 16.1 Å². The van der Waals surface area contributed by atoms with E-state index in [4.69, 9.17) is 4.98 Å². The van der Waals surface area contributed by atoms with Crippen molar-refractivity contribution < 1.29 is 0 Å². The molecule has 0 N–H and O–H groups in total. The minimum absolute atomic E-state index is 0.969. The van der Waals surface area contributed by atoms with Gasteiger partial charge in [-0.2, -0.15) is 0 Å². The number of hydrogen-bond donors (Lipinski definition) is 0. The highest BCUT2D eigenvalue weighted by atomic mass is 15.1. The molecular weight excluding hydrogens is 665 g/mol. The zero-order valence-electron chi connectivity index (χ0n) is 29.9. The Kier molecular flexibility index (Phi) is 6.37. The van der Waals surface area contributed by atoms with Gasteiger partial charge in [0.15, 0.2) is 0 Å². The summed E-state index contributed by atoms with van der Waals surface area (Å²) in [5.41, 5.74) is 19.6. The second kappa shape index (κ2) is 11.6. The van der Waals surface area contributed by atoms with Crippen LogP contribution in [0.25, 0.3) is 99.2 Å². The number of anilines is 3. The van der Waals surface area contributed by atoms with Crippen molar-refractivity contribution >= 4 is 49.5 Å². The van der Waals surface area contributed by atoms with Crippen molar-refractivity contribution in [3.05, 3.63) is 194 Å². The Morgan fingerprint density at radius 3 is 1.27 bits per heavy atom. The molecule has 0 radical (unpaired) electrons. The van der Waals surface area contributed by atoms with Crippen LogP contribution in [0.3, 0.4) is 0 Å². The average Bonchev–Trinajstić information content (AvgIpc) is 3.76. The summed E-state index contributed by atoms with van der Waals surface area (Å²) in [5.74, 6) is 0. The van der Waals surface area contributed by atoms with Gasteiger partial charge in [0.05, 0.1) is 11.2 Å². The van der Waals surface area contributed by atoms with Crippen LogP contribution in [0.1, 0.15) is 0 Å². The molecule has 0 fully saturated rings. The van der Waals surface area contributed by atoms with Crippen molar-refractivity contribution in [1.29, 1.82) is 0 Å². The van der Waals surface area contributed by atoms with Gasteiger partial charge in [-0.3, -0.25) is 4.98 Å². The Balaban J connectivity index is 1.04. The molecule has 2 heteroatoms. The average molecular weight is 697 g/mol. The van der Waals surface area contributed by atoms with E-state index >= 15 is 0 Å². The summed E-state index contributed by atoms with van der Waals surface area (Å²) < 4.78 is 0. The fourth-order valence-electron chi connectivity index (χ4n) is 9.45. The molecule has 2 aliphatic carbocycles. The van der Waals surface area contributed by atoms with Crippen molar-refractivity contribution in [2.45, 2.75) is 0 Å². The smallest absolute Gasteiger partial charge is 0.0723 e. The standard InChI is InChI=1S/C53H32N2/c1-3-17-41-39(15-1)45-22-9-20-43-37(25-27-47(41)52(43)45)33-11-7-13-35(31-33)55(51-29-30-54-50-24-6-5-19-49(50)51)36-14-8-12-34(32-36)38-26-28-48-42-18-4-2-16-40(42)46-23-10-21-44(38)53(46)48/h1-32H. The van der Waals surface area contributed by atoms with Gasteiger partial charge in [0.2, 0.25) is 0 Å². The van der Waals surface area contributed by atoms with Gasteiger partial charge in [0, 0.05) is 23.0 Å². The highest BCUT2D eigenvalue weighted by molar-refractivity contribution is 6.20. The van der Waals surface area contributed by atoms with Gasteiger partial charge < -0.3 is 4.90 Å². The number of para-hydroxylation sites is 1. The Morgan fingerprint density at radius 1 is 0.309 bits per heavy atom. The summed E-state index contributed by atoms with van der Waals surface area (Å²) in [7, 11) is 0. The van der Waals surface area contributed by atoms with Gasteiger partial charge in [-0.1, -0.05) is 152 Å². The molecule has 2 nitrogen and oxygen atoms in total. The van der Waals surface area contributed by atoms with Crippen LogP contribution in [0.5, 0.6) is 0 Å². The Morgan fingerprint density at radius 2 is 0.727 bits per heavy atom. The van der Waals surface area contributed by atoms with Gasteiger partial charge in [-0.15, -0.1) is 0 Å². The van der Waals surface area contributed by atoms with Crippen LogP contribution < -0.4 is 4.90 Å².